The molecule has 4 N–H and O–H groups in total. The molecule has 144 valence electrons. The molecule has 5 heteroatoms. The molecule has 0 amide bonds. The van der Waals surface area contributed by atoms with E-state index in [4.69, 9.17) is 4.99 Å². The number of aromatic hydroxyl groups is 2. The molecule has 5 nitrogen and oxygen atoms in total. The highest BCUT2D eigenvalue weighted by molar-refractivity contribution is 5.84. The Morgan fingerprint density at radius 3 is 2.67 bits per heavy atom. The van der Waals surface area contributed by atoms with Crippen LogP contribution in [0.1, 0.15) is 47.9 Å². The Bertz CT molecular complexity index is 804. The third kappa shape index (κ3) is 4.87. The van der Waals surface area contributed by atoms with Gasteiger partial charge in [0.25, 0.3) is 0 Å². The number of rotatable bonds is 6. The van der Waals surface area contributed by atoms with Crippen molar-refractivity contribution in [2.24, 2.45) is 4.99 Å². The topological polar surface area (TPSA) is 85.1 Å². The Labute approximate surface area is 160 Å². The highest BCUT2D eigenvalue weighted by Gasteiger charge is 2.24. The molecule has 1 saturated carbocycles. The number of phenols is 2. The molecule has 0 aliphatic heterocycles. The largest absolute Gasteiger partial charge is 0.508 e. The highest BCUT2D eigenvalue weighted by atomic mass is 16.3. The first-order valence-corrected chi connectivity index (χ1v) is 9.55. The summed E-state index contributed by atoms with van der Waals surface area (Å²) in [5.41, 5.74) is 3.03. The molecule has 27 heavy (non-hydrogen) atoms. The average molecular weight is 368 g/mol. The predicted molar refractivity (Wildman–Crippen MR) is 107 cm³/mol. The van der Waals surface area contributed by atoms with Crippen molar-refractivity contribution >= 4 is 6.21 Å². The maximum absolute atomic E-state index is 10.3. The second-order valence-electron chi connectivity index (χ2n) is 7.27. The fourth-order valence-corrected chi connectivity index (χ4v) is 3.71. The van der Waals surface area contributed by atoms with Crippen molar-refractivity contribution in [3.8, 4) is 11.5 Å². The maximum atomic E-state index is 10.3. The zero-order chi connectivity index (χ0) is 19.2. The minimum Gasteiger partial charge on any atom is -0.508 e. The molecule has 2 aromatic carbocycles. The standard InChI is InChI=1S/C22H28N2O3/c1-15-10-17(22(27)18(11-15)14-25)13-24-20-8-4-3-7-19(20)23-12-16-6-2-5-9-21(16)26/h2,5-6,9-11,13,19-20,23,25-27H,3-4,7-8,12,14H2,1H3/t19-,20-/m0/s1. The van der Waals surface area contributed by atoms with E-state index in [0.29, 0.717) is 23.4 Å². The number of nitrogens with one attached hydrogen (secondary N) is 1. The predicted octanol–water partition coefficient (Wildman–Crippen LogP) is 3.42. The van der Waals surface area contributed by atoms with Gasteiger partial charge >= 0.3 is 0 Å². The summed E-state index contributed by atoms with van der Waals surface area (Å²) in [6.45, 7) is 2.35. The van der Waals surface area contributed by atoms with E-state index in [1.807, 2.05) is 31.2 Å². The molecular weight excluding hydrogens is 340 g/mol. The van der Waals surface area contributed by atoms with E-state index in [-0.39, 0.29) is 24.4 Å². The quantitative estimate of drug-likeness (QED) is 0.589. The summed E-state index contributed by atoms with van der Waals surface area (Å²) in [7, 11) is 0. The van der Waals surface area contributed by atoms with E-state index in [0.717, 1.165) is 36.8 Å². The molecule has 1 aliphatic carbocycles. The van der Waals surface area contributed by atoms with Crippen molar-refractivity contribution in [1.29, 1.82) is 0 Å². The molecule has 0 spiro atoms. The maximum Gasteiger partial charge on any atom is 0.129 e. The molecule has 0 bridgehead atoms. The number of nitrogens with zero attached hydrogens (tertiary/aromatic N) is 1. The SMILES string of the molecule is Cc1cc(C=N[C@H]2CCCC[C@@H]2NCc2ccccc2O)c(O)c(CO)c1. The van der Waals surface area contributed by atoms with E-state index in [1.165, 1.54) is 0 Å². The monoisotopic (exact) mass is 368 g/mol. The molecule has 2 aromatic rings. The summed E-state index contributed by atoms with van der Waals surface area (Å²) in [5.74, 6) is 0.406. The van der Waals surface area contributed by atoms with Crippen LogP contribution in [0.15, 0.2) is 41.4 Å². The fraction of sp³-hybridized carbons (Fsp3) is 0.409. The Morgan fingerprint density at radius 1 is 1.11 bits per heavy atom. The van der Waals surface area contributed by atoms with Crippen molar-refractivity contribution in [2.45, 2.75) is 57.8 Å². The lowest BCUT2D eigenvalue weighted by molar-refractivity contribution is 0.275. The number of para-hydroxylation sites is 1. The summed E-state index contributed by atoms with van der Waals surface area (Å²) >= 11 is 0. The van der Waals surface area contributed by atoms with Gasteiger partial charge < -0.3 is 20.6 Å². The van der Waals surface area contributed by atoms with Gasteiger partial charge in [0.1, 0.15) is 11.5 Å². The number of aliphatic imine (C=N–C) groups is 1. The molecule has 0 saturated heterocycles. The average Bonchev–Trinajstić information content (AvgIpc) is 2.68. The van der Waals surface area contributed by atoms with Gasteiger partial charge in [-0.2, -0.15) is 0 Å². The van der Waals surface area contributed by atoms with E-state index in [1.54, 1.807) is 18.3 Å². The summed E-state index contributed by atoms with van der Waals surface area (Å²) in [6, 6.07) is 11.4. The van der Waals surface area contributed by atoms with Crippen LogP contribution < -0.4 is 5.32 Å². The molecule has 0 radical (unpaired) electrons. The van der Waals surface area contributed by atoms with E-state index in [2.05, 4.69) is 5.32 Å². The molecular formula is C22H28N2O3. The minimum atomic E-state index is -0.192. The van der Waals surface area contributed by atoms with Gasteiger partial charge in [0.15, 0.2) is 0 Å². The van der Waals surface area contributed by atoms with Crippen LogP contribution in [0, 0.1) is 6.92 Å². The Hall–Kier alpha value is -2.37. The summed E-state index contributed by atoms with van der Waals surface area (Å²) in [5, 5.41) is 33.2. The zero-order valence-electron chi connectivity index (χ0n) is 15.7. The summed E-state index contributed by atoms with van der Waals surface area (Å²) < 4.78 is 0. The number of hydrogen-bond donors (Lipinski definition) is 4. The Morgan fingerprint density at radius 2 is 1.89 bits per heavy atom. The molecule has 0 unspecified atom stereocenters. The fourth-order valence-electron chi connectivity index (χ4n) is 3.71. The lowest BCUT2D eigenvalue weighted by Gasteiger charge is -2.30. The molecule has 3 rings (SSSR count). The van der Waals surface area contributed by atoms with Crippen LogP contribution in [0.3, 0.4) is 0 Å². The first-order valence-electron chi connectivity index (χ1n) is 9.55. The van der Waals surface area contributed by atoms with Gasteiger partial charge in [0.2, 0.25) is 0 Å². The third-order valence-electron chi connectivity index (χ3n) is 5.21. The Kier molecular flexibility index (Phi) is 6.48. The number of hydrogen-bond acceptors (Lipinski definition) is 5. The normalized spacial score (nSPS) is 20.2. The first kappa shape index (κ1) is 19.4. The van der Waals surface area contributed by atoms with Gasteiger partial charge in [-0.1, -0.05) is 37.1 Å². The van der Waals surface area contributed by atoms with Gasteiger partial charge in [0, 0.05) is 35.5 Å². The zero-order valence-corrected chi connectivity index (χ0v) is 15.7. The molecule has 0 heterocycles. The number of aliphatic hydroxyl groups is 1. The van der Waals surface area contributed by atoms with Crippen LogP contribution >= 0.6 is 0 Å². The smallest absolute Gasteiger partial charge is 0.129 e. The highest BCUT2D eigenvalue weighted by Crippen LogP contribution is 2.26. The van der Waals surface area contributed by atoms with Gasteiger partial charge in [0.05, 0.1) is 12.6 Å². The number of phenolic OH excluding ortho intramolecular Hbond substituents is 1. The van der Waals surface area contributed by atoms with Crippen LogP contribution in [-0.2, 0) is 13.2 Å². The lowest BCUT2D eigenvalue weighted by atomic mass is 9.90. The van der Waals surface area contributed by atoms with E-state index in [9.17, 15) is 15.3 Å². The summed E-state index contributed by atoms with van der Waals surface area (Å²) in [4.78, 5) is 4.76. The van der Waals surface area contributed by atoms with E-state index >= 15 is 0 Å². The van der Waals surface area contributed by atoms with Gasteiger partial charge in [-0.3, -0.25) is 4.99 Å². The van der Waals surface area contributed by atoms with Crippen molar-refractivity contribution in [3.05, 3.63) is 58.7 Å². The number of benzene rings is 2. The van der Waals surface area contributed by atoms with Gasteiger partial charge in [-0.05, 0) is 37.5 Å². The lowest BCUT2D eigenvalue weighted by Crippen LogP contribution is -2.40. The van der Waals surface area contributed by atoms with Crippen molar-refractivity contribution < 1.29 is 15.3 Å². The summed E-state index contributed by atoms with van der Waals surface area (Å²) in [6.07, 6.45) is 6.06. The first-order chi connectivity index (χ1) is 13.1. The molecule has 1 fully saturated rings. The van der Waals surface area contributed by atoms with E-state index < -0.39 is 0 Å². The molecule has 1 aliphatic rings. The third-order valence-corrected chi connectivity index (χ3v) is 5.21. The Balaban J connectivity index is 1.71. The van der Waals surface area contributed by atoms with Crippen LogP contribution in [-0.4, -0.2) is 33.6 Å². The van der Waals surface area contributed by atoms with Crippen LogP contribution in [0.25, 0.3) is 0 Å². The number of aliphatic hydroxyl groups excluding tert-OH is 1. The second-order valence-corrected chi connectivity index (χ2v) is 7.27. The molecule has 2 atom stereocenters. The molecule has 0 aromatic heterocycles. The van der Waals surface area contributed by atoms with Crippen molar-refractivity contribution in [3.63, 3.8) is 0 Å². The van der Waals surface area contributed by atoms with Crippen molar-refractivity contribution in [1.82, 2.24) is 5.32 Å². The van der Waals surface area contributed by atoms with Crippen LogP contribution in [0.2, 0.25) is 0 Å². The second kappa shape index (κ2) is 9.02. The van der Waals surface area contributed by atoms with Gasteiger partial charge in [-0.15, -0.1) is 0 Å². The van der Waals surface area contributed by atoms with Gasteiger partial charge in [-0.25, -0.2) is 0 Å². The van der Waals surface area contributed by atoms with Crippen molar-refractivity contribution in [2.75, 3.05) is 0 Å². The van der Waals surface area contributed by atoms with Crippen LogP contribution in [0.4, 0.5) is 0 Å². The minimum absolute atomic E-state index is 0.0985. The number of aryl methyl sites for hydroxylation is 1. The van der Waals surface area contributed by atoms with Crippen LogP contribution in [0.5, 0.6) is 11.5 Å².